The number of rotatable bonds is 10. The zero-order valence-corrected chi connectivity index (χ0v) is 21.6. The molecule has 2 N–H and O–H groups in total. The maximum absolute atomic E-state index is 12.4. The molecule has 39 heavy (non-hydrogen) atoms. The second-order valence-electron chi connectivity index (χ2n) is 9.45. The van der Waals surface area contributed by atoms with E-state index in [-0.39, 0.29) is 31.9 Å². The van der Waals surface area contributed by atoms with Gasteiger partial charge in [0.1, 0.15) is 5.82 Å². The van der Waals surface area contributed by atoms with Crippen LogP contribution in [0.3, 0.4) is 0 Å². The standard InChI is InChI=1S/C30H29N3O6/c1-2-3-13-33-22(28(30(34)35)32-29(33)19-7-5-4-6-8-19)16-31-27(20-9-11-23-25(14-20)38-17-36-23)21-10-12-24-26(15-21)39-18-37-24/h4-12,14-15,27,31H,2-3,13,16-18H2,1H3,(H,34,35). The van der Waals surface area contributed by atoms with Gasteiger partial charge >= 0.3 is 5.97 Å². The summed E-state index contributed by atoms with van der Waals surface area (Å²) in [5.41, 5.74) is 3.44. The number of carbonyl (C=O) groups is 1. The average molecular weight is 528 g/mol. The highest BCUT2D eigenvalue weighted by Crippen LogP contribution is 2.39. The van der Waals surface area contributed by atoms with Crippen LogP contribution in [-0.4, -0.2) is 34.2 Å². The molecule has 4 aromatic rings. The predicted octanol–water partition coefficient (Wildman–Crippen LogP) is 5.39. The van der Waals surface area contributed by atoms with Gasteiger partial charge in [-0.25, -0.2) is 9.78 Å². The number of imidazole rings is 1. The Labute approximate surface area is 225 Å². The number of carboxylic acids is 1. The Morgan fingerprint density at radius 2 is 1.54 bits per heavy atom. The van der Waals surface area contributed by atoms with E-state index >= 15 is 0 Å². The van der Waals surface area contributed by atoms with Gasteiger partial charge in [-0.2, -0.15) is 0 Å². The Morgan fingerprint density at radius 3 is 2.13 bits per heavy atom. The molecule has 9 heteroatoms. The van der Waals surface area contributed by atoms with Crippen molar-refractivity contribution in [2.24, 2.45) is 0 Å². The number of nitrogens with one attached hydrogen (secondary N) is 1. The van der Waals surface area contributed by atoms with E-state index in [1.54, 1.807) is 0 Å². The van der Waals surface area contributed by atoms with Gasteiger partial charge in [-0.05, 0) is 41.8 Å². The van der Waals surface area contributed by atoms with Gasteiger partial charge in [-0.15, -0.1) is 0 Å². The van der Waals surface area contributed by atoms with E-state index in [1.165, 1.54) is 0 Å². The molecular weight excluding hydrogens is 498 g/mol. The van der Waals surface area contributed by atoms with Crippen molar-refractivity contribution in [1.82, 2.24) is 14.9 Å². The third-order valence-electron chi connectivity index (χ3n) is 6.98. The number of unbranched alkanes of at least 4 members (excludes halogenated alkanes) is 1. The van der Waals surface area contributed by atoms with Crippen LogP contribution >= 0.6 is 0 Å². The Bertz CT molecular complexity index is 1440. The van der Waals surface area contributed by atoms with E-state index in [1.807, 2.05) is 71.3 Å². The minimum absolute atomic E-state index is 0.0487. The van der Waals surface area contributed by atoms with Gasteiger partial charge in [0, 0.05) is 18.7 Å². The van der Waals surface area contributed by atoms with Gasteiger partial charge in [-0.1, -0.05) is 55.8 Å². The first-order valence-corrected chi connectivity index (χ1v) is 13.0. The molecular formula is C30H29N3O6. The summed E-state index contributed by atoms with van der Waals surface area (Å²) in [7, 11) is 0. The average Bonchev–Trinajstić information content (AvgIpc) is 3.70. The number of nitrogens with zero attached hydrogens (tertiary/aromatic N) is 2. The fourth-order valence-electron chi connectivity index (χ4n) is 5.01. The monoisotopic (exact) mass is 527 g/mol. The molecule has 0 saturated heterocycles. The summed E-state index contributed by atoms with van der Waals surface area (Å²) in [4.78, 5) is 17.0. The Hall–Kier alpha value is -4.50. The van der Waals surface area contributed by atoms with Crippen LogP contribution in [0.2, 0.25) is 0 Å². The topological polar surface area (TPSA) is 104 Å². The molecule has 0 amide bonds. The van der Waals surface area contributed by atoms with Crippen LogP contribution in [0.25, 0.3) is 11.4 Å². The van der Waals surface area contributed by atoms with Crippen LogP contribution in [0.5, 0.6) is 23.0 Å². The molecule has 0 bridgehead atoms. The normalized spacial score (nSPS) is 13.3. The quantitative estimate of drug-likeness (QED) is 0.283. The molecule has 6 rings (SSSR count). The third-order valence-corrected chi connectivity index (χ3v) is 6.98. The van der Waals surface area contributed by atoms with Crippen molar-refractivity contribution in [2.75, 3.05) is 13.6 Å². The molecule has 2 aliphatic rings. The van der Waals surface area contributed by atoms with Crippen LogP contribution < -0.4 is 24.3 Å². The maximum atomic E-state index is 12.4. The summed E-state index contributed by atoms with van der Waals surface area (Å²) in [6.45, 7) is 3.42. The van der Waals surface area contributed by atoms with Crippen LogP contribution in [0.15, 0.2) is 66.7 Å². The van der Waals surface area contributed by atoms with Crippen molar-refractivity contribution < 1.29 is 28.8 Å². The molecule has 0 spiro atoms. The highest BCUT2D eigenvalue weighted by atomic mass is 16.7. The van der Waals surface area contributed by atoms with E-state index in [0.29, 0.717) is 41.1 Å². The molecule has 0 radical (unpaired) electrons. The van der Waals surface area contributed by atoms with Gasteiger partial charge in [0.2, 0.25) is 13.6 Å². The Balaban J connectivity index is 1.40. The first-order chi connectivity index (χ1) is 19.1. The van der Waals surface area contributed by atoms with Crippen LogP contribution in [0.4, 0.5) is 0 Å². The number of aromatic nitrogens is 2. The first-order valence-electron chi connectivity index (χ1n) is 13.0. The lowest BCUT2D eigenvalue weighted by Crippen LogP contribution is -2.25. The molecule has 0 fully saturated rings. The van der Waals surface area contributed by atoms with Crippen molar-refractivity contribution in [3.8, 4) is 34.4 Å². The van der Waals surface area contributed by atoms with Crippen molar-refractivity contribution in [2.45, 2.75) is 38.9 Å². The fourth-order valence-corrected chi connectivity index (χ4v) is 5.01. The number of hydrogen-bond acceptors (Lipinski definition) is 7. The summed E-state index contributed by atoms with van der Waals surface area (Å²) < 4.78 is 24.3. The molecule has 1 aromatic heterocycles. The number of aromatic carboxylic acids is 1. The van der Waals surface area contributed by atoms with Crippen LogP contribution in [0.1, 0.15) is 53.1 Å². The number of benzene rings is 3. The first kappa shape index (κ1) is 24.8. The molecule has 200 valence electrons. The molecule has 0 saturated carbocycles. The Kier molecular flexibility index (Phi) is 6.81. The number of ether oxygens (including phenoxy) is 4. The molecule has 0 unspecified atom stereocenters. The largest absolute Gasteiger partial charge is 0.476 e. The lowest BCUT2D eigenvalue weighted by molar-refractivity contribution is 0.0689. The van der Waals surface area contributed by atoms with E-state index in [4.69, 9.17) is 18.9 Å². The van der Waals surface area contributed by atoms with E-state index in [2.05, 4.69) is 17.2 Å². The molecule has 2 aliphatic heterocycles. The molecule has 9 nitrogen and oxygen atoms in total. The second kappa shape index (κ2) is 10.7. The van der Waals surface area contributed by atoms with Crippen molar-refractivity contribution >= 4 is 5.97 Å². The lowest BCUT2D eigenvalue weighted by Gasteiger charge is -2.22. The fraction of sp³-hybridized carbons (Fsp3) is 0.267. The second-order valence-corrected chi connectivity index (χ2v) is 9.45. The van der Waals surface area contributed by atoms with E-state index < -0.39 is 5.97 Å². The summed E-state index contributed by atoms with van der Waals surface area (Å²) in [5.74, 6) is 2.34. The minimum Gasteiger partial charge on any atom is -0.476 e. The smallest absolute Gasteiger partial charge is 0.356 e. The van der Waals surface area contributed by atoms with Gasteiger partial charge in [0.25, 0.3) is 0 Å². The number of carboxylic acid groups (broad SMARTS) is 1. The third kappa shape index (κ3) is 4.88. The predicted molar refractivity (Wildman–Crippen MR) is 143 cm³/mol. The Morgan fingerprint density at radius 1 is 0.923 bits per heavy atom. The van der Waals surface area contributed by atoms with Crippen LogP contribution in [-0.2, 0) is 13.1 Å². The van der Waals surface area contributed by atoms with Gasteiger partial charge in [0.15, 0.2) is 28.7 Å². The lowest BCUT2D eigenvalue weighted by atomic mass is 9.97. The zero-order chi connectivity index (χ0) is 26.8. The molecule has 3 heterocycles. The summed E-state index contributed by atoms with van der Waals surface area (Å²) in [5, 5.41) is 13.7. The minimum atomic E-state index is -1.05. The zero-order valence-electron chi connectivity index (χ0n) is 21.6. The highest BCUT2D eigenvalue weighted by Gasteiger charge is 2.26. The summed E-state index contributed by atoms with van der Waals surface area (Å²) in [6, 6.07) is 21.1. The SMILES string of the molecule is CCCCn1c(-c2ccccc2)nc(C(=O)O)c1CNC(c1ccc2c(c1)OCO2)c1ccc2c(c1)OCO2. The van der Waals surface area contributed by atoms with Gasteiger partial charge in [-0.3, -0.25) is 0 Å². The summed E-state index contributed by atoms with van der Waals surface area (Å²) >= 11 is 0. The molecule has 0 atom stereocenters. The van der Waals surface area contributed by atoms with Crippen molar-refractivity contribution in [1.29, 1.82) is 0 Å². The highest BCUT2D eigenvalue weighted by molar-refractivity contribution is 5.88. The van der Waals surface area contributed by atoms with Crippen molar-refractivity contribution in [3.63, 3.8) is 0 Å². The summed E-state index contributed by atoms with van der Waals surface area (Å²) in [6.07, 6.45) is 1.87. The van der Waals surface area contributed by atoms with E-state index in [9.17, 15) is 9.90 Å². The van der Waals surface area contributed by atoms with Gasteiger partial charge in [0.05, 0.1) is 11.7 Å². The number of hydrogen-bond donors (Lipinski definition) is 2. The van der Waals surface area contributed by atoms with Crippen molar-refractivity contribution in [3.05, 3.63) is 89.2 Å². The molecule has 0 aliphatic carbocycles. The number of fused-ring (bicyclic) bond motifs is 2. The van der Waals surface area contributed by atoms with E-state index in [0.717, 1.165) is 29.5 Å². The molecule has 3 aromatic carbocycles. The van der Waals surface area contributed by atoms with Crippen LogP contribution in [0, 0.1) is 0 Å². The maximum Gasteiger partial charge on any atom is 0.356 e. The van der Waals surface area contributed by atoms with Gasteiger partial charge < -0.3 is 33.9 Å².